The normalized spacial score (nSPS) is 14.0. The second kappa shape index (κ2) is 9.73. The van der Waals surface area contributed by atoms with Gasteiger partial charge in [-0.3, -0.25) is 4.79 Å². The highest BCUT2D eigenvalue weighted by molar-refractivity contribution is 5.76. The Morgan fingerprint density at radius 1 is 0.839 bits per heavy atom. The number of carbonyl (C=O) groups is 1. The number of nitrogens with zero attached hydrogens (tertiary/aromatic N) is 4. The first-order chi connectivity index (χ1) is 15.1. The Hall–Kier alpha value is -3.21. The number of hydrogen-bond donors (Lipinski definition) is 0. The average Bonchev–Trinajstić information content (AvgIpc) is 2.80. The second-order valence-corrected chi connectivity index (χ2v) is 8.17. The van der Waals surface area contributed by atoms with Crippen LogP contribution in [0.5, 0.6) is 0 Å². The van der Waals surface area contributed by atoms with Gasteiger partial charge in [0.05, 0.1) is 0 Å². The van der Waals surface area contributed by atoms with Crippen LogP contribution in [0.2, 0.25) is 0 Å². The molecule has 1 saturated heterocycles. The van der Waals surface area contributed by atoms with E-state index in [2.05, 4.69) is 53.2 Å². The fourth-order valence-corrected chi connectivity index (χ4v) is 4.21. The summed E-state index contributed by atoms with van der Waals surface area (Å²) in [6.07, 6.45) is 2.18. The lowest BCUT2D eigenvalue weighted by Gasteiger charge is -2.36. The van der Waals surface area contributed by atoms with Gasteiger partial charge in [-0.25, -0.2) is 9.97 Å². The number of rotatable bonds is 6. The highest BCUT2D eigenvalue weighted by atomic mass is 16.2. The van der Waals surface area contributed by atoms with Gasteiger partial charge < -0.3 is 9.80 Å². The molecule has 3 aromatic rings. The van der Waals surface area contributed by atoms with Crippen LogP contribution < -0.4 is 4.90 Å². The third-order valence-electron chi connectivity index (χ3n) is 5.93. The fourth-order valence-electron chi connectivity index (χ4n) is 4.21. The van der Waals surface area contributed by atoms with Crippen LogP contribution in [0.3, 0.4) is 0 Å². The van der Waals surface area contributed by atoms with Crippen LogP contribution in [0.15, 0.2) is 60.7 Å². The third kappa shape index (κ3) is 5.29. The second-order valence-electron chi connectivity index (χ2n) is 8.17. The van der Waals surface area contributed by atoms with Crippen LogP contribution in [-0.2, 0) is 17.6 Å². The molecule has 1 amide bonds. The Balaban J connectivity index is 1.42. The van der Waals surface area contributed by atoms with Crippen LogP contribution >= 0.6 is 0 Å². The minimum absolute atomic E-state index is 0.239. The van der Waals surface area contributed by atoms with Crippen molar-refractivity contribution in [2.45, 2.75) is 33.1 Å². The van der Waals surface area contributed by atoms with E-state index in [1.165, 1.54) is 16.7 Å². The van der Waals surface area contributed by atoms with Gasteiger partial charge in [0.1, 0.15) is 11.6 Å². The summed E-state index contributed by atoms with van der Waals surface area (Å²) in [4.78, 5) is 26.5. The molecule has 1 aliphatic heterocycles. The van der Waals surface area contributed by atoms with Crippen molar-refractivity contribution < 1.29 is 4.79 Å². The summed E-state index contributed by atoms with van der Waals surface area (Å²) < 4.78 is 0. The number of amides is 1. The molecule has 1 aliphatic rings. The number of carbonyl (C=O) groups excluding carboxylic acids is 1. The molecule has 5 nitrogen and oxygen atoms in total. The molecule has 0 aliphatic carbocycles. The molecule has 160 valence electrons. The number of hydrogen-bond acceptors (Lipinski definition) is 4. The highest BCUT2D eigenvalue weighted by Gasteiger charge is 2.24. The zero-order chi connectivity index (χ0) is 21.6. The molecule has 5 heteroatoms. The number of aryl methyl sites for hydroxylation is 3. The molecular formula is C26H30N4O. The monoisotopic (exact) mass is 414 g/mol. The van der Waals surface area contributed by atoms with Crippen molar-refractivity contribution in [2.24, 2.45) is 0 Å². The molecule has 31 heavy (non-hydrogen) atoms. The van der Waals surface area contributed by atoms with E-state index in [1.54, 1.807) is 0 Å². The van der Waals surface area contributed by atoms with E-state index in [0.29, 0.717) is 6.42 Å². The Bertz CT molecular complexity index is 1010. The van der Waals surface area contributed by atoms with E-state index in [9.17, 15) is 4.79 Å². The molecule has 1 aromatic heterocycles. The SMILES string of the molecule is Cc1nc(C)c(Cc2ccccc2)c(N2CCN(C(=O)CCc3ccccc3)CC2)n1. The van der Waals surface area contributed by atoms with E-state index < -0.39 is 0 Å². The molecule has 1 fully saturated rings. The first-order valence-corrected chi connectivity index (χ1v) is 11.0. The van der Waals surface area contributed by atoms with Gasteiger partial charge >= 0.3 is 0 Å². The molecule has 0 bridgehead atoms. The number of anilines is 1. The zero-order valence-corrected chi connectivity index (χ0v) is 18.4. The molecular weight excluding hydrogens is 384 g/mol. The van der Waals surface area contributed by atoms with E-state index in [4.69, 9.17) is 4.98 Å². The van der Waals surface area contributed by atoms with Gasteiger partial charge in [0, 0.05) is 50.3 Å². The highest BCUT2D eigenvalue weighted by Crippen LogP contribution is 2.25. The minimum Gasteiger partial charge on any atom is -0.353 e. The van der Waals surface area contributed by atoms with E-state index in [0.717, 1.165) is 56.4 Å². The van der Waals surface area contributed by atoms with Crippen LogP contribution in [0.4, 0.5) is 5.82 Å². The predicted octanol–water partition coefficient (Wildman–Crippen LogP) is 3.97. The molecule has 0 unspecified atom stereocenters. The molecule has 0 atom stereocenters. The average molecular weight is 415 g/mol. The van der Waals surface area contributed by atoms with Gasteiger partial charge in [0.25, 0.3) is 0 Å². The molecule has 0 radical (unpaired) electrons. The fraction of sp³-hybridized carbons (Fsp3) is 0.346. The standard InChI is InChI=1S/C26H30N4O/c1-20-24(19-23-11-7-4-8-12-23)26(28-21(2)27-20)30-17-15-29(16-18-30)25(31)14-13-22-9-5-3-6-10-22/h3-12H,13-19H2,1-2H3. The Labute approximate surface area is 184 Å². The lowest BCUT2D eigenvalue weighted by Crippen LogP contribution is -2.49. The lowest BCUT2D eigenvalue weighted by molar-refractivity contribution is -0.131. The molecule has 4 rings (SSSR count). The van der Waals surface area contributed by atoms with Crippen LogP contribution in [0, 0.1) is 13.8 Å². The molecule has 2 heterocycles. The van der Waals surface area contributed by atoms with Gasteiger partial charge in [-0.1, -0.05) is 60.7 Å². The van der Waals surface area contributed by atoms with Gasteiger partial charge in [-0.05, 0) is 31.4 Å². The smallest absolute Gasteiger partial charge is 0.223 e. The first-order valence-electron chi connectivity index (χ1n) is 11.0. The Kier molecular flexibility index (Phi) is 6.60. The summed E-state index contributed by atoms with van der Waals surface area (Å²) in [6.45, 7) is 7.09. The molecule has 0 spiro atoms. The molecule has 2 aromatic carbocycles. The zero-order valence-electron chi connectivity index (χ0n) is 18.4. The number of aromatic nitrogens is 2. The van der Waals surface area contributed by atoms with Crippen LogP contribution in [0.25, 0.3) is 0 Å². The van der Waals surface area contributed by atoms with Gasteiger partial charge in [0.2, 0.25) is 5.91 Å². The van der Waals surface area contributed by atoms with E-state index in [1.807, 2.05) is 36.1 Å². The summed E-state index contributed by atoms with van der Waals surface area (Å²) in [5.41, 5.74) is 4.69. The Morgan fingerprint density at radius 3 is 2.10 bits per heavy atom. The summed E-state index contributed by atoms with van der Waals surface area (Å²) in [6, 6.07) is 20.7. The maximum Gasteiger partial charge on any atom is 0.223 e. The lowest BCUT2D eigenvalue weighted by atomic mass is 10.0. The molecule has 0 N–H and O–H groups in total. The minimum atomic E-state index is 0.239. The van der Waals surface area contributed by atoms with Crippen molar-refractivity contribution in [3.8, 4) is 0 Å². The summed E-state index contributed by atoms with van der Waals surface area (Å²) >= 11 is 0. The quantitative estimate of drug-likeness (QED) is 0.613. The van der Waals surface area contributed by atoms with Crippen molar-refractivity contribution in [3.63, 3.8) is 0 Å². The van der Waals surface area contributed by atoms with Crippen molar-refractivity contribution in [3.05, 3.63) is 88.9 Å². The van der Waals surface area contributed by atoms with Gasteiger partial charge in [-0.15, -0.1) is 0 Å². The van der Waals surface area contributed by atoms with Crippen molar-refractivity contribution in [1.29, 1.82) is 0 Å². The van der Waals surface area contributed by atoms with Crippen LogP contribution in [0.1, 0.15) is 34.6 Å². The maximum absolute atomic E-state index is 12.7. The van der Waals surface area contributed by atoms with E-state index in [-0.39, 0.29) is 5.91 Å². The summed E-state index contributed by atoms with van der Waals surface area (Å²) in [7, 11) is 0. The third-order valence-corrected chi connectivity index (χ3v) is 5.93. The Morgan fingerprint density at radius 2 is 1.45 bits per heavy atom. The summed E-state index contributed by atoms with van der Waals surface area (Å²) in [5.74, 6) is 2.05. The van der Waals surface area contributed by atoms with Crippen molar-refractivity contribution in [1.82, 2.24) is 14.9 Å². The van der Waals surface area contributed by atoms with Crippen molar-refractivity contribution >= 4 is 11.7 Å². The van der Waals surface area contributed by atoms with Gasteiger partial charge in [-0.2, -0.15) is 0 Å². The largest absolute Gasteiger partial charge is 0.353 e. The molecule has 0 saturated carbocycles. The number of piperazine rings is 1. The van der Waals surface area contributed by atoms with E-state index >= 15 is 0 Å². The summed E-state index contributed by atoms with van der Waals surface area (Å²) in [5, 5.41) is 0. The first kappa shape index (κ1) is 21.0. The number of benzene rings is 2. The van der Waals surface area contributed by atoms with Gasteiger partial charge in [0.15, 0.2) is 0 Å². The maximum atomic E-state index is 12.7. The van der Waals surface area contributed by atoms with Crippen LogP contribution in [-0.4, -0.2) is 47.0 Å². The topological polar surface area (TPSA) is 49.3 Å². The predicted molar refractivity (Wildman–Crippen MR) is 124 cm³/mol. The van der Waals surface area contributed by atoms with Crippen molar-refractivity contribution in [2.75, 3.05) is 31.1 Å².